The van der Waals surface area contributed by atoms with Gasteiger partial charge in [-0.15, -0.1) is 0 Å². The summed E-state index contributed by atoms with van der Waals surface area (Å²) in [5.74, 6) is 0. The molecule has 10 heteroatoms. The predicted octanol–water partition coefficient (Wildman–Crippen LogP) is 4.75. The van der Waals surface area contributed by atoms with E-state index in [0.29, 0.717) is 12.1 Å². The molecule has 0 saturated carbocycles. The van der Waals surface area contributed by atoms with Gasteiger partial charge in [0.05, 0.1) is 0 Å². The molecule has 0 fully saturated rings. The maximum absolute atomic E-state index is 13.2. The SMILES string of the molecule is CCNC(=O)Nc1c(C)cc(C(O)(C(F)(F)F)C(F)(F)F)cc1C(C)(C)C. The van der Waals surface area contributed by atoms with Gasteiger partial charge in [-0.1, -0.05) is 26.8 Å². The highest BCUT2D eigenvalue weighted by atomic mass is 19.4. The first kappa shape index (κ1) is 23.1. The van der Waals surface area contributed by atoms with Crippen LogP contribution in [0.2, 0.25) is 0 Å². The number of aryl methyl sites for hydroxylation is 1. The first-order valence-corrected chi connectivity index (χ1v) is 8.03. The molecule has 2 amide bonds. The van der Waals surface area contributed by atoms with E-state index >= 15 is 0 Å². The maximum Gasteiger partial charge on any atom is 0.430 e. The van der Waals surface area contributed by atoms with Gasteiger partial charge in [-0.2, -0.15) is 26.3 Å². The van der Waals surface area contributed by atoms with Crippen LogP contribution in [0.5, 0.6) is 0 Å². The van der Waals surface area contributed by atoms with Crippen LogP contribution in [0.1, 0.15) is 44.4 Å². The standard InChI is InChI=1S/C17H22F6N2O2/c1-6-24-13(26)25-12-9(2)7-10(8-11(12)14(3,4)5)15(27,16(18,19)20)17(21,22)23/h7-8,27H,6H2,1-5H3,(H2,24,25,26). The summed E-state index contributed by atoms with van der Waals surface area (Å²) in [6.45, 7) is 7.87. The highest BCUT2D eigenvalue weighted by molar-refractivity contribution is 5.91. The van der Waals surface area contributed by atoms with Crippen molar-refractivity contribution in [2.45, 2.75) is 58.0 Å². The van der Waals surface area contributed by atoms with Gasteiger partial charge in [0.15, 0.2) is 0 Å². The summed E-state index contributed by atoms with van der Waals surface area (Å²) in [4.78, 5) is 11.8. The first-order valence-electron chi connectivity index (χ1n) is 8.03. The third kappa shape index (κ3) is 4.48. The number of carbonyl (C=O) groups excluding carboxylic acids is 1. The third-order valence-electron chi connectivity index (χ3n) is 3.96. The molecule has 0 aromatic heterocycles. The zero-order valence-electron chi connectivity index (χ0n) is 15.5. The van der Waals surface area contributed by atoms with Gasteiger partial charge < -0.3 is 15.7 Å². The van der Waals surface area contributed by atoms with Crippen LogP contribution in [0.3, 0.4) is 0 Å². The molecule has 0 heterocycles. The Morgan fingerprint density at radius 3 is 1.89 bits per heavy atom. The highest BCUT2D eigenvalue weighted by Crippen LogP contribution is 2.51. The minimum absolute atomic E-state index is 0.0238. The largest absolute Gasteiger partial charge is 0.430 e. The lowest BCUT2D eigenvalue weighted by molar-refractivity contribution is -0.376. The fourth-order valence-electron chi connectivity index (χ4n) is 2.56. The average Bonchev–Trinajstić information content (AvgIpc) is 2.44. The fourth-order valence-corrected chi connectivity index (χ4v) is 2.56. The number of nitrogens with one attached hydrogen (secondary N) is 2. The number of rotatable bonds is 3. The van der Waals surface area contributed by atoms with Crippen molar-refractivity contribution >= 4 is 11.7 Å². The summed E-state index contributed by atoms with van der Waals surface area (Å²) in [5, 5.41) is 14.6. The summed E-state index contributed by atoms with van der Waals surface area (Å²) in [7, 11) is 0. The Balaban J connectivity index is 3.75. The minimum Gasteiger partial charge on any atom is -0.369 e. The third-order valence-corrected chi connectivity index (χ3v) is 3.96. The molecule has 1 aromatic rings. The Morgan fingerprint density at radius 1 is 1.04 bits per heavy atom. The van der Waals surface area contributed by atoms with E-state index < -0.39 is 35.0 Å². The van der Waals surface area contributed by atoms with E-state index in [9.17, 15) is 36.2 Å². The van der Waals surface area contributed by atoms with E-state index in [4.69, 9.17) is 0 Å². The van der Waals surface area contributed by atoms with Crippen molar-refractivity contribution in [3.8, 4) is 0 Å². The summed E-state index contributed by atoms with van der Waals surface area (Å²) in [5.41, 5.74) is -7.25. The number of urea groups is 1. The van der Waals surface area contributed by atoms with Gasteiger partial charge in [0.25, 0.3) is 5.60 Å². The van der Waals surface area contributed by atoms with E-state index in [1.54, 1.807) is 27.7 Å². The molecule has 0 spiro atoms. The van der Waals surface area contributed by atoms with Gasteiger partial charge in [-0.05, 0) is 36.5 Å². The smallest absolute Gasteiger partial charge is 0.369 e. The molecule has 27 heavy (non-hydrogen) atoms. The van der Waals surface area contributed by atoms with Crippen LogP contribution in [0, 0.1) is 6.92 Å². The number of hydrogen-bond donors (Lipinski definition) is 3. The zero-order valence-corrected chi connectivity index (χ0v) is 15.5. The van der Waals surface area contributed by atoms with Gasteiger partial charge >= 0.3 is 18.4 Å². The Hall–Kier alpha value is -1.97. The van der Waals surface area contributed by atoms with Crippen LogP contribution >= 0.6 is 0 Å². The number of halogens is 6. The minimum atomic E-state index is -5.98. The molecule has 4 nitrogen and oxygen atoms in total. The van der Waals surface area contributed by atoms with Crippen LogP contribution in [-0.4, -0.2) is 30.0 Å². The van der Waals surface area contributed by atoms with Crippen molar-refractivity contribution in [1.29, 1.82) is 0 Å². The van der Waals surface area contributed by atoms with Crippen molar-refractivity contribution in [1.82, 2.24) is 5.32 Å². The summed E-state index contributed by atoms with van der Waals surface area (Å²) in [6.07, 6.45) is -12.0. The molecule has 0 aliphatic heterocycles. The Bertz CT molecular complexity index is 691. The van der Waals surface area contributed by atoms with Crippen LogP contribution in [0.4, 0.5) is 36.8 Å². The van der Waals surface area contributed by atoms with E-state index in [0.717, 1.165) is 0 Å². The van der Waals surface area contributed by atoms with Gasteiger partial charge in [0.2, 0.25) is 0 Å². The van der Waals surface area contributed by atoms with Crippen LogP contribution in [0.25, 0.3) is 0 Å². The number of anilines is 1. The normalized spacial score (nSPS) is 13.5. The molecule has 0 unspecified atom stereocenters. The van der Waals surface area contributed by atoms with Crippen molar-refractivity contribution in [3.63, 3.8) is 0 Å². The summed E-state index contributed by atoms with van der Waals surface area (Å²) in [6, 6.07) is 0.564. The first-order chi connectivity index (χ1) is 12.0. The van der Waals surface area contributed by atoms with Gasteiger partial charge in [-0.3, -0.25) is 0 Å². The van der Waals surface area contributed by atoms with Crippen molar-refractivity contribution in [2.75, 3.05) is 11.9 Å². The lowest BCUT2D eigenvalue weighted by atomic mass is 9.80. The monoisotopic (exact) mass is 400 g/mol. The van der Waals surface area contributed by atoms with Crippen molar-refractivity contribution in [3.05, 3.63) is 28.8 Å². The average molecular weight is 400 g/mol. The van der Waals surface area contributed by atoms with E-state index in [1.165, 1.54) is 6.92 Å². The Labute approximate surface area is 152 Å². The highest BCUT2D eigenvalue weighted by Gasteiger charge is 2.71. The molecule has 3 N–H and O–H groups in total. The van der Waals surface area contributed by atoms with Crippen molar-refractivity contribution < 1.29 is 36.2 Å². The second kappa shape index (κ2) is 7.21. The Morgan fingerprint density at radius 2 is 1.52 bits per heavy atom. The van der Waals surface area contributed by atoms with Gasteiger partial charge in [0.1, 0.15) is 0 Å². The number of benzene rings is 1. The van der Waals surface area contributed by atoms with E-state index in [2.05, 4.69) is 10.6 Å². The lowest BCUT2D eigenvalue weighted by Gasteiger charge is -2.35. The second-order valence-electron chi connectivity index (χ2n) is 7.16. The number of carbonyl (C=O) groups is 1. The molecular weight excluding hydrogens is 378 g/mol. The van der Waals surface area contributed by atoms with Gasteiger partial charge in [-0.25, -0.2) is 4.79 Å². The fraction of sp³-hybridized carbons (Fsp3) is 0.588. The molecule has 0 aliphatic carbocycles. The van der Waals surface area contributed by atoms with E-state index in [-0.39, 0.29) is 23.4 Å². The number of aliphatic hydroxyl groups is 1. The lowest BCUT2D eigenvalue weighted by Crippen LogP contribution is -2.54. The van der Waals surface area contributed by atoms with Crippen molar-refractivity contribution in [2.24, 2.45) is 0 Å². The molecule has 0 bridgehead atoms. The summed E-state index contributed by atoms with van der Waals surface area (Å²) < 4.78 is 79.2. The molecule has 154 valence electrons. The number of amides is 2. The second-order valence-corrected chi connectivity index (χ2v) is 7.16. The van der Waals surface area contributed by atoms with Gasteiger partial charge in [0, 0.05) is 17.8 Å². The quantitative estimate of drug-likeness (QED) is 0.642. The molecule has 0 saturated heterocycles. The Kier molecular flexibility index (Phi) is 6.16. The topological polar surface area (TPSA) is 61.4 Å². The maximum atomic E-state index is 13.2. The van der Waals surface area contributed by atoms with E-state index in [1.807, 2.05) is 0 Å². The number of alkyl halides is 6. The molecule has 0 aliphatic rings. The predicted molar refractivity (Wildman–Crippen MR) is 88.6 cm³/mol. The molecule has 0 radical (unpaired) electrons. The molecule has 1 rings (SSSR count). The molecule has 0 atom stereocenters. The van der Waals surface area contributed by atoms with Crippen LogP contribution in [-0.2, 0) is 11.0 Å². The molecular formula is C17H22F6N2O2. The van der Waals surface area contributed by atoms with Crippen LogP contribution in [0.15, 0.2) is 12.1 Å². The zero-order chi connectivity index (χ0) is 21.4. The van der Waals surface area contributed by atoms with Crippen LogP contribution < -0.4 is 10.6 Å². The summed E-state index contributed by atoms with van der Waals surface area (Å²) >= 11 is 0. The molecule has 1 aromatic carbocycles. The number of hydrogen-bond acceptors (Lipinski definition) is 2.